The van der Waals surface area contributed by atoms with Crippen molar-refractivity contribution in [2.75, 3.05) is 11.9 Å². The van der Waals surface area contributed by atoms with E-state index in [2.05, 4.69) is 19.2 Å². The summed E-state index contributed by atoms with van der Waals surface area (Å²) in [7, 11) is 0. The summed E-state index contributed by atoms with van der Waals surface area (Å²) >= 11 is 5.77. The number of carbonyl (C=O) groups is 2. The lowest BCUT2D eigenvalue weighted by Gasteiger charge is -2.17. The van der Waals surface area contributed by atoms with Crippen LogP contribution in [-0.4, -0.2) is 23.5 Å². The van der Waals surface area contributed by atoms with Gasteiger partial charge in [-0.2, -0.15) is 0 Å². The number of carboxylic acid groups (broad SMARTS) is 1. The molecule has 6 heteroatoms. The summed E-state index contributed by atoms with van der Waals surface area (Å²) in [6.45, 7) is 4.57. The number of aromatic carboxylic acids is 1. The molecular formula is C15H21ClN2O3. The Bertz CT molecular complexity index is 518. The number of halogens is 1. The smallest absolute Gasteiger partial charge is 0.337 e. The molecule has 1 aromatic rings. The molecule has 116 valence electrons. The van der Waals surface area contributed by atoms with Crippen LogP contribution in [0.15, 0.2) is 18.2 Å². The maximum absolute atomic E-state index is 12.0. The van der Waals surface area contributed by atoms with Crippen LogP contribution in [0, 0.1) is 11.8 Å². The van der Waals surface area contributed by atoms with Crippen molar-refractivity contribution in [3.63, 3.8) is 0 Å². The molecule has 0 heterocycles. The van der Waals surface area contributed by atoms with Gasteiger partial charge in [0.25, 0.3) is 0 Å². The maximum Gasteiger partial charge on any atom is 0.337 e. The Morgan fingerprint density at radius 1 is 1.38 bits per heavy atom. The number of nitrogens with two attached hydrogens (primary N) is 1. The monoisotopic (exact) mass is 312 g/mol. The minimum Gasteiger partial charge on any atom is -0.478 e. The van der Waals surface area contributed by atoms with Gasteiger partial charge >= 0.3 is 5.97 Å². The third-order valence-electron chi connectivity index (χ3n) is 3.10. The number of rotatable bonds is 7. The molecule has 0 fully saturated rings. The molecule has 5 nitrogen and oxygen atoms in total. The van der Waals surface area contributed by atoms with Crippen LogP contribution in [0.5, 0.6) is 0 Å². The predicted octanol–water partition coefficient (Wildman–Crippen LogP) is 2.99. The number of hydrogen-bond donors (Lipinski definition) is 3. The van der Waals surface area contributed by atoms with Gasteiger partial charge in [-0.05, 0) is 43.0 Å². The number of carboxylic acids is 1. The molecular weight excluding hydrogens is 292 g/mol. The van der Waals surface area contributed by atoms with Crippen LogP contribution in [0.25, 0.3) is 0 Å². The van der Waals surface area contributed by atoms with Gasteiger partial charge in [0.15, 0.2) is 0 Å². The topological polar surface area (TPSA) is 92.4 Å². The second-order valence-corrected chi connectivity index (χ2v) is 5.92. The molecule has 0 aliphatic carbocycles. The third-order valence-corrected chi connectivity index (χ3v) is 3.33. The quantitative estimate of drug-likeness (QED) is 0.721. The molecule has 1 rings (SSSR count). The number of amides is 1. The molecule has 0 saturated heterocycles. The summed E-state index contributed by atoms with van der Waals surface area (Å²) in [4.78, 5) is 23.2. The van der Waals surface area contributed by atoms with Crippen LogP contribution in [0.4, 0.5) is 5.69 Å². The molecule has 0 aliphatic rings. The van der Waals surface area contributed by atoms with Crippen molar-refractivity contribution in [1.82, 2.24) is 0 Å². The lowest BCUT2D eigenvalue weighted by atomic mass is 9.94. The summed E-state index contributed by atoms with van der Waals surface area (Å²) < 4.78 is 0. The molecule has 1 amide bonds. The average Bonchev–Trinajstić information content (AvgIpc) is 2.39. The van der Waals surface area contributed by atoms with Crippen LogP contribution in [-0.2, 0) is 4.79 Å². The number of hydrogen-bond acceptors (Lipinski definition) is 3. The molecule has 0 unspecified atom stereocenters. The Hall–Kier alpha value is -1.59. The maximum atomic E-state index is 12.0. The second kappa shape index (κ2) is 8.00. The van der Waals surface area contributed by atoms with E-state index in [1.54, 1.807) is 0 Å². The van der Waals surface area contributed by atoms with Crippen molar-refractivity contribution in [1.29, 1.82) is 0 Å². The molecule has 4 N–H and O–H groups in total. The number of carbonyl (C=O) groups excluding carboxylic acids is 1. The van der Waals surface area contributed by atoms with E-state index in [0.717, 1.165) is 6.42 Å². The average molecular weight is 313 g/mol. The van der Waals surface area contributed by atoms with Crippen molar-refractivity contribution in [3.05, 3.63) is 28.8 Å². The van der Waals surface area contributed by atoms with Gasteiger partial charge in [0.2, 0.25) is 5.91 Å². The first-order valence-corrected chi connectivity index (χ1v) is 7.24. The highest BCUT2D eigenvalue weighted by molar-refractivity contribution is 6.31. The third kappa shape index (κ3) is 5.73. The molecule has 0 bridgehead atoms. The van der Waals surface area contributed by atoms with Crippen molar-refractivity contribution in [2.45, 2.75) is 26.7 Å². The van der Waals surface area contributed by atoms with Crippen LogP contribution >= 0.6 is 11.6 Å². The highest BCUT2D eigenvalue weighted by Crippen LogP contribution is 2.22. The fraction of sp³-hybridized carbons (Fsp3) is 0.467. The van der Waals surface area contributed by atoms with Gasteiger partial charge in [-0.15, -0.1) is 0 Å². The Kier molecular flexibility index (Phi) is 6.65. The molecule has 1 atom stereocenters. The number of benzene rings is 1. The van der Waals surface area contributed by atoms with E-state index >= 15 is 0 Å². The highest BCUT2D eigenvalue weighted by Gasteiger charge is 2.17. The first-order valence-electron chi connectivity index (χ1n) is 6.86. The van der Waals surface area contributed by atoms with Crippen molar-refractivity contribution >= 4 is 29.2 Å². The van der Waals surface area contributed by atoms with Gasteiger partial charge in [0.1, 0.15) is 0 Å². The highest BCUT2D eigenvalue weighted by atomic mass is 35.5. The van der Waals surface area contributed by atoms with E-state index < -0.39 is 5.97 Å². The number of anilines is 1. The minimum atomic E-state index is -1.13. The summed E-state index contributed by atoms with van der Waals surface area (Å²) in [5.74, 6) is -0.830. The van der Waals surface area contributed by atoms with Crippen molar-refractivity contribution in [3.8, 4) is 0 Å². The Morgan fingerprint density at radius 3 is 2.57 bits per heavy atom. The van der Waals surface area contributed by atoms with E-state index in [9.17, 15) is 9.59 Å². The van der Waals surface area contributed by atoms with Gasteiger partial charge in [0.05, 0.1) is 11.3 Å². The lowest BCUT2D eigenvalue weighted by molar-refractivity contribution is -0.117. The van der Waals surface area contributed by atoms with Crippen LogP contribution in [0.2, 0.25) is 5.02 Å². The zero-order valence-electron chi connectivity index (χ0n) is 12.2. The SMILES string of the molecule is CC(C)C[C@H](CN)CC(=O)Nc1ccc(Cl)cc1C(=O)O. The Balaban J connectivity index is 2.77. The molecule has 1 aromatic carbocycles. The fourth-order valence-electron chi connectivity index (χ4n) is 2.20. The predicted molar refractivity (Wildman–Crippen MR) is 83.7 cm³/mol. The van der Waals surface area contributed by atoms with E-state index in [1.165, 1.54) is 18.2 Å². The van der Waals surface area contributed by atoms with Gasteiger partial charge in [-0.25, -0.2) is 4.79 Å². The van der Waals surface area contributed by atoms with Crippen LogP contribution in [0.3, 0.4) is 0 Å². The molecule has 0 spiro atoms. The van der Waals surface area contributed by atoms with Gasteiger partial charge in [0, 0.05) is 11.4 Å². The Morgan fingerprint density at radius 2 is 2.05 bits per heavy atom. The van der Waals surface area contributed by atoms with E-state index in [0.29, 0.717) is 17.5 Å². The minimum absolute atomic E-state index is 0.0241. The van der Waals surface area contributed by atoms with Gasteiger partial charge in [-0.1, -0.05) is 25.4 Å². The molecule has 0 aliphatic heterocycles. The van der Waals surface area contributed by atoms with Gasteiger partial charge < -0.3 is 16.2 Å². The lowest BCUT2D eigenvalue weighted by Crippen LogP contribution is -2.24. The molecule has 0 radical (unpaired) electrons. The first kappa shape index (κ1) is 17.5. The first-order chi connectivity index (χ1) is 9.83. The van der Waals surface area contributed by atoms with Crippen LogP contribution in [0.1, 0.15) is 37.0 Å². The summed E-state index contributed by atoms with van der Waals surface area (Å²) in [5, 5.41) is 12.1. The number of nitrogens with one attached hydrogen (secondary N) is 1. The molecule has 0 aromatic heterocycles. The zero-order chi connectivity index (χ0) is 16.0. The molecule has 21 heavy (non-hydrogen) atoms. The standard InChI is InChI=1S/C15H21ClN2O3/c1-9(2)5-10(8-17)6-14(19)18-13-4-3-11(16)7-12(13)15(20)21/h3-4,7,9-10H,5-6,8,17H2,1-2H3,(H,18,19)(H,20,21)/t10-/m0/s1. The Labute approximate surface area is 129 Å². The zero-order valence-corrected chi connectivity index (χ0v) is 13.0. The van der Waals surface area contributed by atoms with Gasteiger partial charge in [-0.3, -0.25) is 4.79 Å². The summed E-state index contributed by atoms with van der Waals surface area (Å²) in [5.41, 5.74) is 5.89. The van der Waals surface area contributed by atoms with E-state index in [1.807, 2.05) is 0 Å². The molecule has 0 saturated carbocycles. The fourth-order valence-corrected chi connectivity index (χ4v) is 2.37. The largest absolute Gasteiger partial charge is 0.478 e. The van der Waals surface area contributed by atoms with Crippen molar-refractivity contribution < 1.29 is 14.7 Å². The second-order valence-electron chi connectivity index (χ2n) is 5.48. The summed E-state index contributed by atoms with van der Waals surface area (Å²) in [6.07, 6.45) is 1.13. The van der Waals surface area contributed by atoms with Crippen LogP contribution < -0.4 is 11.1 Å². The van der Waals surface area contributed by atoms with E-state index in [4.69, 9.17) is 22.4 Å². The van der Waals surface area contributed by atoms with E-state index in [-0.39, 0.29) is 29.5 Å². The normalized spacial score (nSPS) is 12.2. The summed E-state index contributed by atoms with van der Waals surface area (Å²) in [6, 6.07) is 4.34. The van der Waals surface area contributed by atoms with Crippen molar-refractivity contribution in [2.24, 2.45) is 17.6 Å².